The Morgan fingerprint density at radius 2 is 1.65 bits per heavy atom. The van der Waals surface area contributed by atoms with E-state index in [4.69, 9.17) is 0 Å². The Hall–Kier alpha value is -2.22. The first-order valence-electron chi connectivity index (χ1n) is 8.99. The molecule has 2 rings (SSSR count). The molecule has 0 aliphatic heterocycles. The molecule has 0 spiro atoms. The zero-order valence-electron chi connectivity index (χ0n) is 16.9. The molecule has 7 nitrogen and oxygen atoms in total. The number of nitrogens with one attached hydrogen (secondary N) is 3. The van der Waals surface area contributed by atoms with Crippen LogP contribution in [0, 0.1) is 0 Å². The van der Waals surface area contributed by atoms with Crippen molar-refractivity contribution in [1.29, 1.82) is 0 Å². The highest BCUT2D eigenvalue weighted by atomic mass is 127. The van der Waals surface area contributed by atoms with Crippen LogP contribution in [0.5, 0.6) is 5.75 Å². The summed E-state index contributed by atoms with van der Waals surface area (Å²) in [5, 5.41) is 6.04. The lowest BCUT2D eigenvalue weighted by atomic mass is 10.2. The van der Waals surface area contributed by atoms with Gasteiger partial charge in [0, 0.05) is 18.7 Å². The van der Waals surface area contributed by atoms with E-state index in [1.807, 2.05) is 6.92 Å². The summed E-state index contributed by atoms with van der Waals surface area (Å²) in [5.41, 5.74) is 1.37. The summed E-state index contributed by atoms with van der Waals surface area (Å²) >= 11 is 0. The zero-order valence-corrected chi connectivity index (χ0v) is 20.0. The van der Waals surface area contributed by atoms with E-state index in [1.54, 1.807) is 30.3 Å². The van der Waals surface area contributed by atoms with Gasteiger partial charge in [0.15, 0.2) is 5.96 Å². The Morgan fingerprint density at radius 1 is 1.03 bits per heavy atom. The van der Waals surface area contributed by atoms with E-state index in [9.17, 15) is 21.6 Å². The van der Waals surface area contributed by atoms with Crippen molar-refractivity contribution >= 4 is 45.6 Å². The predicted molar refractivity (Wildman–Crippen MR) is 125 cm³/mol. The van der Waals surface area contributed by atoms with Crippen LogP contribution >= 0.6 is 24.0 Å². The minimum Gasteiger partial charge on any atom is -0.405 e. The number of para-hydroxylation sites is 2. The molecule has 0 bridgehead atoms. The summed E-state index contributed by atoms with van der Waals surface area (Å²) in [4.78, 5) is 4.30. The average molecular weight is 572 g/mol. The van der Waals surface area contributed by atoms with Crippen LogP contribution in [0.2, 0.25) is 0 Å². The Balaban J connectivity index is 0.00000480. The third-order valence-electron chi connectivity index (χ3n) is 3.71. The number of benzene rings is 2. The maximum atomic E-state index is 12.6. The molecule has 3 N–H and O–H groups in total. The van der Waals surface area contributed by atoms with Gasteiger partial charge in [0.05, 0.1) is 18.5 Å². The quantitative estimate of drug-likeness (QED) is 0.254. The summed E-state index contributed by atoms with van der Waals surface area (Å²) < 4.78 is 67.3. The van der Waals surface area contributed by atoms with Gasteiger partial charge >= 0.3 is 6.36 Å². The molecule has 0 atom stereocenters. The van der Waals surface area contributed by atoms with Gasteiger partial charge in [0.25, 0.3) is 0 Å². The molecule has 0 fully saturated rings. The number of aliphatic imine (C=N–C) groups is 1. The number of anilines is 1. The van der Waals surface area contributed by atoms with E-state index in [0.29, 0.717) is 23.8 Å². The molecule has 0 saturated carbocycles. The average Bonchev–Trinajstić information content (AvgIpc) is 2.63. The van der Waals surface area contributed by atoms with Crippen molar-refractivity contribution in [3.63, 3.8) is 0 Å². The first-order valence-corrected chi connectivity index (χ1v) is 10.9. The van der Waals surface area contributed by atoms with E-state index in [1.165, 1.54) is 18.2 Å². The molecule has 0 radical (unpaired) electrons. The molecule has 0 aromatic heterocycles. The van der Waals surface area contributed by atoms with Crippen LogP contribution in [0.15, 0.2) is 53.5 Å². The molecule has 172 valence electrons. The molecule has 31 heavy (non-hydrogen) atoms. The fourth-order valence-electron chi connectivity index (χ4n) is 2.52. The molecule has 0 unspecified atom stereocenters. The smallest absolute Gasteiger partial charge is 0.405 e. The second-order valence-electron chi connectivity index (χ2n) is 6.24. The Kier molecular flexibility index (Phi) is 10.4. The summed E-state index contributed by atoms with van der Waals surface area (Å²) in [6, 6.07) is 12.6. The van der Waals surface area contributed by atoms with Crippen LogP contribution < -0.4 is 20.1 Å². The van der Waals surface area contributed by atoms with Gasteiger partial charge in [-0.05, 0) is 24.6 Å². The first-order chi connectivity index (χ1) is 14.1. The van der Waals surface area contributed by atoms with E-state index >= 15 is 0 Å². The monoisotopic (exact) mass is 572 g/mol. The zero-order chi connectivity index (χ0) is 22.2. The minimum absolute atomic E-state index is 0. The molecule has 0 heterocycles. The van der Waals surface area contributed by atoms with Crippen molar-refractivity contribution in [2.24, 2.45) is 4.99 Å². The minimum atomic E-state index is -4.79. The van der Waals surface area contributed by atoms with E-state index in [2.05, 4.69) is 25.1 Å². The number of ether oxygens (including phenoxy) is 1. The standard InChI is InChI=1S/C19H23F3N4O3S.HI/c1-3-23-18(24-12-14-8-4-6-10-16(14)26-30(2,27)28)25-13-15-9-5-7-11-17(15)29-19(20,21)22;/h4-11,26H,3,12-13H2,1-2H3,(H2,23,24,25);1H. The number of alkyl halides is 3. The predicted octanol–water partition coefficient (Wildman–Crippen LogP) is 3.83. The van der Waals surface area contributed by atoms with Crippen LogP contribution in [-0.2, 0) is 23.1 Å². The lowest BCUT2D eigenvalue weighted by Crippen LogP contribution is -2.37. The van der Waals surface area contributed by atoms with Gasteiger partial charge in [0.2, 0.25) is 10.0 Å². The number of hydrogen-bond donors (Lipinski definition) is 3. The van der Waals surface area contributed by atoms with Crippen molar-refractivity contribution < 1.29 is 26.3 Å². The van der Waals surface area contributed by atoms with E-state index < -0.39 is 16.4 Å². The molecule has 0 aliphatic carbocycles. The third kappa shape index (κ3) is 10.1. The SMILES string of the molecule is CCNC(=NCc1ccccc1OC(F)(F)F)NCc1ccccc1NS(C)(=O)=O.I. The lowest BCUT2D eigenvalue weighted by Gasteiger charge is -2.15. The van der Waals surface area contributed by atoms with E-state index in [0.717, 1.165) is 6.26 Å². The summed E-state index contributed by atoms with van der Waals surface area (Å²) in [6.07, 6.45) is -3.73. The van der Waals surface area contributed by atoms with Gasteiger partial charge in [-0.2, -0.15) is 0 Å². The Labute approximate surface area is 196 Å². The summed E-state index contributed by atoms with van der Waals surface area (Å²) in [6.45, 7) is 2.56. The van der Waals surface area contributed by atoms with Gasteiger partial charge in [-0.1, -0.05) is 36.4 Å². The fraction of sp³-hybridized carbons (Fsp3) is 0.316. The summed E-state index contributed by atoms with van der Waals surface area (Å²) in [5.74, 6) is 0.0424. The van der Waals surface area contributed by atoms with Crippen LogP contribution in [-0.4, -0.2) is 33.5 Å². The van der Waals surface area contributed by atoms with Crippen molar-refractivity contribution in [2.75, 3.05) is 17.5 Å². The number of guanidine groups is 1. The highest BCUT2D eigenvalue weighted by Gasteiger charge is 2.31. The molecule has 0 aliphatic rings. The summed E-state index contributed by atoms with van der Waals surface area (Å²) in [7, 11) is -3.44. The lowest BCUT2D eigenvalue weighted by molar-refractivity contribution is -0.274. The van der Waals surface area contributed by atoms with Crippen LogP contribution in [0.3, 0.4) is 0 Å². The number of hydrogen-bond acceptors (Lipinski definition) is 4. The number of nitrogens with zero attached hydrogens (tertiary/aromatic N) is 1. The molecule has 0 amide bonds. The molecule has 2 aromatic rings. The number of rotatable bonds is 8. The Morgan fingerprint density at radius 3 is 2.26 bits per heavy atom. The Bertz CT molecular complexity index is 985. The topological polar surface area (TPSA) is 91.8 Å². The maximum Gasteiger partial charge on any atom is 0.573 e. The van der Waals surface area contributed by atoms with Gasteiger partial charge in [-0.3, -0.25) is 4.72 Å². The maximum absolute atomic E-state index is 12.6. The molecule has 12 heteroatoms. The van der Waals surface area contributed by atoms with Crippen LogP contribution in [0.4, 0.5) is 18.9 Å². The van der Waals surface area contributed by atoms with Gasteiger partial charge in [0.1, 0.15) is 5.75 Å². The highest BCUT2D eigenvalue weighted by molar-refractivity contribution is 14.0. The largest absolute Gasteiger partial charge is 0.573 e. The molecule has 0 saturated heterocycles. The van der Waals surface area contributed by atoms with Crippen molar-refractivity contribution in [2.45, 2.75) is 26.4 Å². The number of sulfonamides is 1. The van der Waals surface area contributed by atoms with Gasteiger partial charge in [-0.25, -0.2) is 13.4 Å². The fourth-order valence-corrected chi connectivity index (χ4v) is 3.12. The number of halogens is 4. The van der Waals surface area contributed by atoms with Gasteiger partial charge < -0.3 is 15.4 Å². The van der Waals surface area contributed by atoms with Gasteiger partial charge in [-0.15, -0.1) is 37.1 Å². The molecule has 2 aromatic carbocycles. The van der Waals surface area contributed by atoms with Crippen molar-refractivity contribution in [3.8, 4) is 5.75 Å². The third-order valence-corrected chi connectivity index (χ3v) is 4.30. The van der Waals surface area contributed by atoms with Crippen LogP contribution in [0.25, 0.3) is 0 Å². The second-order valence-corrected chi connectivity index (χ2v) is 7.98. The van der Waals surface area contributed by atoms with Crippen molar-refractivity contribution in [1.82, 2.24) is 10.6 Å². The molecular weight excluding hydrogens is 548 g/mol. The normalized spacial score (nSPS) is 12.0. The second kappa shape index (κ2) is 12.0. The molecular formula is C19H24F3IN4O3S. The van der Waals surface area contributed by atoms with Crippen molar-refractivity contribution in [3.05, 3.63) is 59.7 Å². The first kappa shape index (κ1) is 26.8. The van der Waals surface area contributed by atoms with E-state index in [-0.39, 0.29) is 48.4 Å². The highest BCUT2D eigenvalue weighted by Crippen LogP contribution is 2.26. The van der Waals surface area contributed by atoms with Crippen LogP contribution in [0.1, 0.15) is 18.1 Å².